The number of sulfone groups is 1. The summed E-state index contributed by atoms with van der Waals surface area (Å²) in [6.07, 6.45) is 0. The van der Waals surface area contributed by atoms with Crippen LogP contribution >= 0.6 is 11.6 Å². The van der Waals surface area contributed by atoms with Crippen LogP contribution in [-0.2, 0) is 19.4 Å². The lowest BCUT2D eigenvalue weighted by Gasteiger charge is -2.35. The number of esters is 1. The number of nitrogens with one attached hydrogen (secondary N) is 1. The molecule has 1 unspecified atom stereocenters. The van der Waals surface area contributed by atoms with Gasteiger partial charge in [-0.2, -0.15) is 0 Å². The molecule has 0 aromatic heterocycles. The average Bonchev–Trinajstić information content (AvgIpc) is 2.68. The monoisotopic (exact) mass is 422 g/mol. The Kier molecular flexibility index (Phi) is 6.27. The Hall–Kier alpha value is -2.09. The van der Waals surface area contributed by atoms with E-state index in [-0.39, 0.29) is 15.8 Å². The van der Waals surface area contributed by atoms with Crippen LogP contribution in [0.15, 0.2) is 52.3 Å². The summed E-state index contributed by atoms with van der Waals surface area (Å²) >= 11 is 5.98. The number of ether oxygens (including phenoxy) is 1. The van der Waals surface area contributed by atoms with Crippen molar-refractivity contribution in [3.63, 3.8) is 0 Å². The van der Waals surface area contributed by atoms with Crippen molar-refractivity contribution < 1.29 is 17.9 Å². The van der Waals surface area contributed by atoms with Crippen molar-refractivity contribution in [1.29, 1.82) is 0 Å². The number of halogens is 1. The van der Waals surface area contributed by atoms with Crippen LogP contribution < -0.4 is 10.2 Å². The third-order valence-electron chi connectivity index (χ3n) is 4.74. The molecule has 1 heterocycles. The highest BCUT2D eigenvalue weighted by atomic mass is 35.5. The molecule has 150 valence electrons. The van der Waals surface area contributed by atoms with Crippen molar-refractivity contribution in [2.75, 3.05) is 31.1 Å². The van der Waals surface area contributed by atoms with Crippen LogP contribution in [0.3, 0.4) is 0 Å². The molecule has 0 bridgehead atoms. The van der Waals surface area contributed by atoms with E-state index in [0.717, 1.165) is 5.69 Å². The minimum atomic E-state index is -3.71. The van der Waals surface area contributed by atoms with Gasteiger partial charge in [-0.05, 0) is 49.7 Å². The second-order valence-corrected chi connectivity index (χ2v) is 8.92. The molecule has 1 aliphatic rings. The zero-order chi connectivity index (χ0) is 20.3. The van der Waals surface area contributed by atoms with Crippen molar-refractivity contribution in [2.45, 2.75) is 29.7 Å². The molecule has 1 aliphatic heterocycles. The van der Waals surface area contributed by atoms with Crippen LogP contribution in [0.2, 0.25) is 5.02 Å². The summed E-state index contributed by atoms with van der Waals surface area (Å²) in [7, 11) is -3.71. The number of carbonyl (C=O) groups is 1. The standard InChI is InChI=1S/C20H23ClN2O4S/c1-3-27-20(24)17-13-23(11-10-22-17)18-8-5-9-19(14(18)2)28(25,26)16-7-4-6-15(21)12-16/h4-9,12,17,22H,3,10-11,13H2,1-2H3. The SMILES string of the molecule is CCOC(=O)C1CN(c2cccc(S(=O)(=O)c3cccc(Cl)c3)c2C)CCN1. The molecule has 28 heavy (non-hydrogen) atoms. The molecular formula is C20H23ClN2O4S. The molecule has 6 nitrogen and oxygen atoms in total. The van der Waals surface area contributed by atoms with E-state index in [9.17, 15) is 13.2 Å². The quantitative estimate of drug-likeness (QED) is 0.747. The summed E-state index contributed by atoms with van der Waals surface area (Å²) in [5.74, 6) is -0.299. The van der Waals surface area contributed by atoms with Crippen molar-refractivity contribution in [3.8, 4) is 0 Å². The normalized spacial score (nSPS) is 17.4. The van der Waals surface area contributed by atoms with Gasteiger partial charge >= 0.3 is 5.97 Å². The summed E-state index contributed by atoms with van der Waals surface area (Å²) in [5.41, 5.74) is 1.44. The fourth-order valence-corrected chi connectivity index (χ4v) is 5.18. The van der Waals surface area contributed by atoms with E-state index in [1.54, 1.807) is 38.1 Å². The van der Waals surface area contributed by atoms with Gasteiger partial charge in [0.15, 0.2) is 0 Å². The molecule has 0 amide bonds. The molecule has 0 spiro atoms. The average molecular weight is 423 g/mol. The number of anilines is 1. The molecule has 1 N–H and O–H groups in total. The second-order valence-electron chi connectivity index (χ2n) is 6.57. The molecule has 2 aromatic carbocycles. The molecule has 3 rings (SSSR count). The number of benzene rings is 2. The Morgan fingerprint density at radius 2 is 2.04 bits per heavy atom. The van der Waals surface area contributed by atoms with E-state index in [4.69, 9.17) is 16.3 Å². The maximum absolute atomic E-state index is 13.1. The number of hydrogen-bond acceptors (Lipinski definition) is 6. The second kappa shape index (κ2) is 8.51. The van der Waals surface area contributed by atoms with E-state index < -0.39 is 15.9 Å². The van der Waals surface area contributed by atoms with Gasteiger partial charge in [-0.1, -0.05) is 23.7 Å². The van der Waals surface area contributed by atoms with Gasteiger partial charge in [0, 0.05) is 30.3 Å². The molecule has 0 saturated carbocycles. The van der Waals surface area contributed by atoms with E-state index in [1.807, 2.05) is 11.0 Å². The van der Waals surface area contributed by atoms with Gasteiger partial charge in [0.2, 0.25) is 9.84 Å². The van der Waals surface area contributed by atoms with Crippen LogP contribution in [-0.4, -0.2) is 46.7 Å². The summed E-state index contributed by atoms with van der Waals surface area (Å²) in [5, 5.41) is 3.52. The lowest BCUT2D eigenvalue weighted by atomic mass is 10.1. The summed E-state index contributed by atoms with van der Waals surface area (Å²) < 4.78 is 31.4. The van der Waals surface area contributed by atoms with Gasteiger partial charge in [-0.3, -0.25) is 4.79 Å². The molecule has 1 fully saturated rings. The third kappa shape index (κ3) is 4.16. The zero-order valence-electron chi connectivity index (χ0n) is 15.8. The highest BCUT2D eigenvalue weighted by Crippen LogP contribution is 2.31. The molecule has 0 aliphatic carbocycles. The molecule has 8 heteroatoms. The predicted octanol–water partition coefficient (Wildman–Crippen LogP) is 2.82. The van der Waals surface area contributed by atoms with Gasteiger partial charge in [0.25, 0.3) is 0 Å². The first-order valence-electron chi connectivity index (χ1n) is 9.10. The summed E-state index contributed by atoms with van der Waals surface area (Å²) in [6, 6.07) is 11.0. The highest BCUT2D eigenvalue weighted by molar-refractivity contribution is 7.91. The Morgan fingerprint density at radius 1 is 1.29 bits per heavy atom. The minimum Gasteiger partial charge on any atom is -0.465 e. The zero-order valence-corrected chi connectivity index (χ0v) is 17.4. The Balaban J connectivity index is 1.94. The smallest absolute Gasteiger partial charge is 0.324 e. The Bertz CT molecular complexity index is 978. The Morgan fingerprint density at radius 3 is 2.75 bits per heavy atom. The third-order valence-corrected chi connectivity index (χ3v) is 6.87. The number of rotatable bonds is 5. The van der Waals surface area contributed by atoms with E-state index in [1.165, 1.54) is 12.1 Å². The topological polar surface area (TPSA) is 75.7 Å². The molecule has 1 atom stereocenters. The van der Waals surface area contributed by atoms with Gasteiger partial charge in [-0.25, -0.2) is 8.42 Å². The lowest BCUT2D eigenvalue weighted by Crippen LogP contribution is -2.55. The fraction of sp³-hybridized carbons (Fsp3) is 0.350. The van der Waals surface area contributed by atoms with E-state index >= 15 is 0 Å². The first-order valence-corrected chi connectivity index (χ1v) is 11.0. The van der Waals surface area contributed by atoms with E-state index in [0.29, 0.717) is 36.8 Å². The number of piperazine rings is 1. The van der Waals surface area contributed by atoms with Crippen molar-refractivity contribution in [3.05, 3.63) is 53.1 Å². The summed E-state index contributed by atoms with van der Waals surface area (Å²) in [4.78, 5) is 14.5. The van der Waals surface area contributed by atoms with Crippen LogP contribution in [0.1, 0.15) is 12.5 Å². The minimum absolute atomic E-state index is 0.157. The molecule has 2 aromatic rings. The summed E-state index contributed by atoms with van der Waals surface area (Å²) in [6.45, 7) is 5.57. The molecule has 1 saturated heterocycles. The van der Waals surface area contributed by atoms with Crippen LogP contribution in [0.25, 0.3) is 0 Å². The predicted molar refractivity (Wildman–Crippen MR) is 109 cm³/mol. The van der Waals surface area contributed by atoms with Gasteiger partial charge < -0.3 is 15.0 Å². The van der Waals surface area contributed by atoms with Crippen LogP contribution in [0, 0.1) is 6.92 Å². The van der Waals surface area contributed by atoms with Gasteiger partial charge in [-0.15, -0.1) is 0 Å². The van der Waals surface area contributed by atoms with Crippen LogP contribution in [0.5, 0.6) is 0 Å². The van der Waals surface area contributed by atoms with Gasteiger partial charge in [0.05, 0.1) is 16.4 Å². The number of nitrogens with zero attached hydrogens (tertiary/aromatic N) is 1. The maximum atomic E-state index is 13.1. The molecule has 0 radical (unpaired) electrons. The lowest BCUT2D eigenvalue weighted by molar-refractivity contribution is -0.145. The molecular weight excluding hydrogens is 400 g/mol. The fourth-order valence-electron chi connectivity index (χ4n) is 3.37. The maximum Gasteiger partial charge on any atom is 0.324 e. The van der Waals surface area contributed by atoms with Crippen molar-refractivity contribution in [1.82, 2.24) is 5.32 Å². The first-order chi connectivity index (χ1) is 13.3. The highest BCUT2D eigenvalue weighted by Gasteiger charge is 2.29. The largest absolute Gasteiger partial charge is 0.465 e. The number of carbonyl (C=O) groups excluding carboxylic acids is 1. The number of hydrogen-bond donors (Lipinski definition) is 1. The van der Waals surface area contributed by atoms with Crippen LogP contribution in [0.4, 0.5) is 5.69 Å². The van der Waals surface area contributed by atoms with Crippen molar-refractivity contribution in [2.24, 2.45) is 0 Å². The Labute approximate surface area is 170 Å². The van der Waals surface area contributed by atoms with Crippen molar-refractivity contribution >= 4 is 33.1 Å². The van der Waals surface area contributed by atoms with Gasteiger partial charge in [0.1, 0.15) is 6.04 Å². The first kappa shape index (κ1) is 20.6. The van der Waals surface area contributed by atoms with E-state index in [2.05, 4.69) is 5.32 Å².